The van der Waals surface area contributed by atoms with Crippen LogP contribution in [0.4, 0.5) is 14.9 Å². The smallest absolute Gasteiger partial charge is 0.319 e. The van der Waals surface area contributed by atoms with Crippen molar-refractivity contribution < 1.29 is 14.0 Å². The van der Waals surface area contributed by atoms with Crippen molar-refractivity contribution in [3.8, 4) is 0 Å². The normalized spacial score (nSPS) is 18.5. The van der Waals surface area contributed by atoms with Gasteiger partial charge in [0.1, 0.15) is 5.82 Å². The maximum Gasteiger partial charge on any atom is 0.319 e. The predicted molar refractivity (Wildman–Crippen MR) is 83.4 cm³/mol. The number of likely N-dealkylation sites (tertiary alicyclic amines) is 1. The summed E-state index contributed by atoms with van der Waals surface area (Å²) in [6.07, 6.45) is 0.273. The standard InChI is InChI=1S/C15H19ClFN3O2/c1-15(2,3)20-8-10(7-13(20)21)19-14(22)18-9-4-5-12(17)11(16)6-9/h4-6,10H,7-8H2,1-3H3,(H2,18,19,22). The summed E-state index contributed by atoms with van der Waals surface area (Å²) in [6, 6.07) is 3.23. The maximum atomic E-state index is 13.1. The number of anilines is 1. The van der Waals surface area contributed by atoms with Crippen LogP contribution in [0, 0.1) is 5.82 Å². The van der Waals surface area contributed by atoms with Crippen LogP contribution in [0.15, 0.2) is 18.2 Å². The summed E-state index contributed by atoms with van der Waals surface area (Å²) in [5.41, 5.74) is 0.120. The number of amides is 3. The van der Waals surface area contributed by atoms with Crippen LogP contribution in [0.5, 0.6) is 0 Å². The number of halogens is 2. The molecule has 1 aliphatic rings. The minimum Gasteiger partial charge on any atom is -0.336 e. The molecule has 120 valence electrons. The number of nitrogens with one attached hydrogen (secondary N) is 2. The van der Waals surface area contributed by atoms with Gasteiger partial charge in [0.05, 0.1) is 11.1 Å². The van der Waals surface area contributed by atoms with Gasteiger partial charge in [-0.25, -0.2) is 9.18 Å². The molecule has 0 aromatic heterocycles. The zero-order valence-corrected chi connectivity index (χ0v) is 13.5. The van der Waals surface area contributed by atoms with Gasteiger partial charge in [0, 0.05) is 24.2 Å². The molecule has 2 rings (SSSR count). The summed E-state index contributed by atoms with van der Waals surface area (Å²) in [7, 11) is 0. The molecule has 1 aromatic carbocycles. The number of carbonyl (C=O) groups excluding carboxylic acids is 2. The van der Waals surface area contributed by atoms with Gasteiger partial charge < -0.3 is 15.5 Å². The third-order valence-corrected chi connectivity index (χ3v) is 3.74. The molecular formula is C15H19ClFN3O2. The lowest BCUT2D eigenvalue weighted by Crippen LogP contribution is -2.45. The Kier molecular flexibility index (Phi) is 4.60. The first-order chi connectivity index (χ1) is 10.2. The highest BCUT2D eigenvalue weighted by molar-refractivity contribution is 6.31. The van der Waals surface area contributed by atoms with Gasteiger partial charge in [-0.15, -0.1) is 0 Å². The fraction of sp³-hybridized carbons (Fsp3) is 0.467. The van der Waals surface area contributed by atoms with E-state index in [2.05, 4.69) is 10.6 Å². The van der Waals surface area contributed by atoms with E-state index in [-0.39, 0.29) is 28.9 Å². The molecule has 1 atom stereocenters. The third-order valence-electron chi connectivity index (χ3n) is 3.45. The SMILES string of the molecule is CC(C)(C)N1CC(NC(=O)Nc2ccc(F)c(Cl)c2)CC1=O. The second kappa shape index (κ2) is 6.12. The van der Waals surface area contributed by atoms with Gasteiger partial charge in [-0.05, 0) is 39.0 Å². The molecule has 22 heavy (non-hydrogen) atoms. The molecular weight excluding hydrogens is 309 g/mol. The molecule has 1 saturated heterocycles. The summed E-state index contributed by atoms with van der Waals surface area (Å²) in [5, 5.41) is 5.26. The van der Waals surface area contributed by atoms with Crippen LogP contribution >= 0.6 is 11.6 Å². The van der Waals surface area contributed by atoms with E-state index in [1.54, 1.807) is 4.90 Å². The predicted octanol–water partition coefficient (Wildman–Crippen LogP) is 3.00. The molecule has 0 saturated carbocycles. The Balaban J connectivity index is 1.93. The van der Waals surface area contributed by atoms with E-state index in [0.29, 0.717) is 12.2 Å². The highest BCUT2D eigenvalue weighted by Crippen LogP contribution is 2.22. The highest BCUT2D eigenvalue weighted by Gasteiger charge is 2.36. The first-order valence-corrected chi connectivity index (χ1v) is 7.37. The lowest BCUT2D eigenvalue weighted by molar-refractivity contribution is -0.131. The van der Waals surface area contributed by atoms with Crippen molar-refractivity contribution in [2.24, 2.45) is 0 Å². The second-order valence-electron chi connectivity index (χ2n) is 6.30. The fourth-order valence-electron chi connectivity index (χ4n) is 2.38. The summed E-state index contributed by atoms with van der Waals surface area (Å²) in [4.78, 5) is 25.6. The van der Waals surface area contributed by atoms with Gasteiger partial charge >= 0.3 is 6.03 Å². The zero-order chi connectivity index (χ0) is 16.5. The van der Waals surface area contributed by atoms with E-state index in [9.17, 15) is 14.0 Å². The molecule has 7 heteroatoms. The van der Waals surface area contributed by atoms with Crippen LogP contribution in [0.25, 0.3) is 0 Å². The second-order valence-corrected chi connectivity index (χ2v) is 6.71. The molecule has 0 aliphatic carbocycles. The minimum absolute atomic E-state index is 0.0163. The monoisotopic (exact) mass is 327 g/mol. The molecule has 0 radical (unpaired) electrons. The molecule has 1 aliphatic heterocycles. The van der Waals surface area contributed by atoms with Gasteiger partial charge in [0.25, 0.3) is 0 Å². The molecule has 5 nitrogen and oxygen atoms in total. The van der Waals surface area contributed by atoms with Crippen LogP contribution in [-0.4, -0.2) is 35.0 Å². The molecule has 3 amide bonds. The van der Waals surface area contributed by atoms with Crippen LogP contribution in [0.1, 0.15) is 27.2 Å². The number of hydrogen-bond acceptors (Lipinski definition) is 2. The van der Waals surface area contributed by atoms with E-state index in [1.165, 1.54) is 18.2 Å². The quantitative estimate of drug-likeness (QED) is 0.877. The van der Waals surface area contributed by atoms with Gasteiger partial charge in [-0.3, -0.25) is 4.79 Å². The summed E-state index contributed by atoms with van der Waals surface area (Å²) in [5.74, 6) is -0.530. The molecule has 0 bridgehead atoms. The van der Waals surface area contributed by atoms with Crippen molar-refractivity contribution in [2.75, 3.05) is 11.9 Å². The Morgan fingerprint density at radius 3 is 2.64 bits per heavy atom. The Labute approximate surface area is 133 Å². The lowest BCUT2D eigenvalue weighted by Gasteiger charge is -2.32. The summed E-state index contributed by atoms with van der Waals surface area (Å²) >= 11 is 5.66. The highest BCUT2D eigenvalue weighted by atomic mass is 35.5. The van der Waals surface area contributed by atoms with E-state index in [4.69, 9.17) is 11.6 Å². The Morgan fingerprint density at radius 1 is 1.41 bits per heavy atom. The van der Waals surface area contributed by atoms with Crippen LogP contribution in [-0.2, 0) is 4.79 Å². The Morgan fingerprint density at radius 2 is 2.09 bits per heavy atom. The number of urea groups is 1. The molecule has 1 heterocycles. The first kappa shape index (κ1) is 16.5. The minimum atomic E-state index is -0.546. The number of rotatable bonds is 2. The third kappa shape index (κ3) is 3.88. The van der Waals surface area contributed by atoms with Crippen LogP contribution in [0.2, 0.25) is 5.02 Å². The number of nitrogens with zero attached hydrogens (tertiary/aromatic N) is 1. The van der Waals surface area contributed by atoms with Crippen LogP contribution < -0.4 is 10.6 Å². The fourth-order valence-corrected chi connectivity index (χ4v) is 2.56. The van der Waals surface area contributed by atoms with Gasteiger partial charge in [-0.2, -0.15) is 0 Å². The average molecular weight is 328 g/mol. The van der Waals surface area contributed by atoms with Crippen molar-refractivity contribution in [3.05, 3.63) is 29.0 Å². The zero-order valence-electron chi connectivity index (χ0n) is 12.7. The Hall–Kier alpha value is -1.82. The van der Waals surface area contributed by atoms with Crippen molar-refractivity contribution in [1.29, 1.82) is 0 Å². The lowest BCUT2D eigenvalue weighted by atomic mass is 10.1. The molecule has 1 unspecified atom stereocenters. The van der Waals surface area contributed by atoms with E-state index in [1.807, 2.05) is 20.8 Å². The summed E-state index contributed by atoms with van der Waals surface area (Å²) < 4.78 is 13.1. The van der Waals surface area contributed by atoms with Crippen molar-refractivity contribution in [1.82, 2.24) is 10.2 Å². The van der Waals surface area contributed by atoms with E-state index < -0.39 is 11.8 Å². The number of hydrogen-bond donors (Lipinski definition) is 2. The number of benzene rings is 1. The Bertz CT molecular complexity index is 601. The van der Waals surface area contributed by atoms with E-state index >= 15 is 0 Å². The number of carbonyl (C=O) groups is 2. The molecule has 2 N–H and O–H groups in total. The van der Waals surface area contributed by atoms with Crippen molar-refractivity contribution >= 4 is 29.2 Å². The van der Waals surface area contributed by atoms with Crippen molar-refractivity contribution in [3.63, 3.8) is 0 Å². The largest absolute Gasteiger partial charge is 0.336 e. The van der Waals surface area contributed by atoms with Gasteiger partial charge in [0.15, 0.2) is 0 Å². The topological polar surface area (TPSA) is 61.4 Å². The van der Waals surface area contributed by atoms with E-state index in [0.717, 1.165) is 0 Å². The van der Waals surface area contributed by atoms with Gasteiger partial charge in [-0.1, -0.05) is 11.6 Å². The van der Waals surface area contributed by atoms with Gasteiger partial charge in [0.2, 0.25) is 5.91 Å². The summed E-state index contributed by atoms with van der Waals surface area (Å²) in [6.45, 7) is 6.33. The average Bonchev–Trinajstić information content (AvgIpc) is 2.74. The van der Waals surface area contributed by atoms with Crippen molar-refractivity contribution in [2.45, 2.75) is 38.8 Å². The molecule has 0 spiro atoms. The van der Waals surface area contributed by atoms with Crippen LogP contribution in [0.3, 0.4) is 0 Å². The first-order valence-electron chi connectivity index (χ1n) is 7.00. The maximum absolute atomic E-state index is 13.1. The molecule has 1 aromatic rings. The molecule has 1 fully saturated rings.